The van der Waals surface area contributed by atoms with Crippen molar-refractivity contribution in [3.8, 4) is 0 Å². The average molecular weight is 554 g/mol. The van der Waals surface area contributed by atoms with E-state index < -0.39 is 10.0 Å². The van der Waals surface area contributed by atoms with Gasteiger partial charge in [-0.25, -0.2) is 17.9 Å². The molecule has 1 aromatic heterocycles. The lowest BCUT2D eigenvalue weighted by Gasteiger charge is -2.10. The van der Waals surface area contributed by atoms with Crippen LogP contribution in [0.2, 0.25) is 0 Å². The van der Waals surface area contributed by atoms with Crippen LogP contribution in [0.5, 0.6) is 0 Å². The topological polar surface area (TPSA) is 100 Å². The van der Waals surface area contributed by atoms with Gasteiger partial charge in [0.25, 0.3) is 0 Å². The summed E-state index contributed by atoms with van der Waals surface area (Å²) in [4.78, 5) is 16.0. The molecule has 10 heteroatoms. The third kappa shape index (κ3) is 6.63. The quantitative estimate of drug-likeness (QED) is 0.403. The maximum Gasteiger partial charge on any atom is 0.319 e. The van der Waals surface area contributed by atoms with Crippen molar-refractivity contribution in [1.29, 1.82) is 0 Å². The van der Waals surface area contributed by atoms with Gasteiger partial charge in [0.1, 0.15) is 0 Å². The molecule has 0 saturated carbocycles. The highest BCUT2D eigenvalue weighted by molar-refractivity contribution is 9.11. The Kier molecular flexibility index (Phi) is 7.59. The second-order valence-electron chi connectivity index (χ2n) is 6.29. The fraction of sp³-hybridized carbons (Fsp3) is 0.100. The first kappa shape index (κ1) is 22.4. The molecule has 1 heterocycles. The van der Waals surface area contributed by atoms with Crippen LogP contribution in [0.3, 0.4) is 0 Å². The predicted molar refractivity (Wildman–Crippen MR) is 122 cm³/mol. The summed E-state index contributed by atoms with van der Waals surface area (Å²) in [5, 5.41) is 5.39. The van der Waals surface area contributed by atoms with E-state index >= 15 is 0 Å². The Hall–Kier alpha value is -2.27. The summed E-state index contributed by atoms with van der Waals surface area (Å²) in [5.41, 5.74) is 2.21. The maximum atomic E-state index is 12.5. The molecule has 0 radical (unpaired) electrons. The molecular formula is C20H18Br2N4O3S. The number of nitrogens with one attached hydrogen (secondary N) is 3. The van der Waals surface area contributed by atoms with Gasteiger partial charge >= 0.3 is 6.03 Å². The van der Waals surface area contributed by atoms with Gasteiger partial charge in [-0.15, -0.1) is 0 Å². The summed E-state index contributed by atoms with van der Waals surface area (Å²) in [7, 11) is -3.69. The van der Waals surface area contributed by atoms with Gasteiger partial charge in [-0.2, -0.15) is 0 Å². The Bertz CT molecular complexity index is 1100. The van der Waals surface area contributed by atoms with Crippen LogP contribution < -0.4 is 15.4 Å². The number of aromatic nitrogens is 1. The summed E-state index contributed by atoms with van der Waals surface area (Å²) in [6.45, 7) is 0.508. The van der Waals surface area contributed by atoms with E-state index in [9.17, 15) is 13.2 Å². The van der Waals surface area contributed by atoms with E-state index in [1.54, 1.807) is 24.5 Å². The number of pyridine rings is 1. The van der Waals surface area contributed by atoms with Crippen LogP contribution in [-0.2, 0) is 23.1 Å². The molecular weight excluding hydrogens is 536 g/mol. The highest BCUT2D eigenvalue weighted by Gasteiger charge is 2.14. The van der Waals surface area contributed by atoms with E-state index in [2.05, 4.69) is 52.2 Å². The average Bonchev–Trinajstić information content (AvgIpc) is 2.71. The zero-order valence-electron chi connectivity index (χ0n) is 15.6. The van der Waals surface area contributed by atoms with E-state index in [0.29, 0.717) is 12.2 Å². The smallest absolute Gasteiger partial charge is 0.319 e. The molecule has 0 aliphatic rings. The Morgan fingerprint density at radius 3 is 2.13 bits per heavy atom. The van der Waals surface area contributed by atoms with Crippen molar-refractivity contribution in [1.82, 2.24) is 15.0 Å². The molecule has 2 amide bonds. The maximum absolute atomic E-state index is 12.5. The molecule has 0 unspecified atom stereocenters. The number of anilines is 1. The molecule has 0 aliphatic carbocycles. The van der Waals surface area contributed by atoms with Gasteiger partial charge in [-0.05, 0) is 65.7 Å². The first-order chi connectivity index (χ1) is 14.3. The number of benzene rings is 2. The van der Waals surface area contributed by atoms with Crippen molar-refractivity contribution in [3.05, 3.63) is 87.1 Å². The monoisotopic (exact) mass is 552 g/mol. The van der Waals surface area contributed by atoms with Crippen LogP contribution in [0.15, 0.2) is 80.8 Å². The normalized spacial score (nSPS) is 11.1. The van der Waals surface area contributed by atoms with Crippen LogP contribution in [0, 0.1) is 0 Å². The van der Waals surface area contributed by atoms with Crippen LogP contribution in [-0.4, -0.2) is 19.4 Å². The van der Waals surface area contributed by atoms with E-state index in [1.165, 1.54) is 24.3 Å². The highest BCUT2D eigenvalue weighted by Crippen LogP contribution is 2.21. The molecule has 156 valence electrons. The van der Waals surface area contributed by atoms with E-state index in [0.717, 1.165) is 20.1 Å². The van der Waals surface area contributed by atoms with Crippen molar-refractivity contribution in [3.63, 3.8) is 0 Å². The lowest BCUT2D eigenvalue weighted by molar-refractivity contribution is 0.251. The van der Waals surface area contributed by atoms with E-state index in [4.69, 9.17) is 0 Å². The third-order valence-corrected chi connectivity index (χ3v) is 6.35. The van der Waals surface area contributed by atoms with Crippen molar-refractivity contribution in [2.75, 3.05) is 5.32 Å². The van der Waals surface area contributed by atoms with Gasteiger partial charge in [0.2, 0.25) is 10.0 Å². The molecule has 2 aromatic carbocycles. The number of amides is 2. The molecule has 0 saturated heterocycles. The largest absolute Gasteiger partial charge is 0.334 e. The number of hydrogen-bond donors (Lipinski definition) is 3. The Labute approximate surface area is 191 Å². The van der Waals surface area contributed by atoms with Crippen molar-refractivity contribution >= 4 is 53.6 Å². The standard InChI is InChI=1S/C20H18Br2N4O3S/c21-16-9-15(10-17(22)11-16)13-25-30(28,29)19-3-1-18(2-4-19)26-20(27)24-12-14-5-7-23-8-6-14/h1-11,25H,12-13H2,(H2,24,26,27). The molecule has 0 atom stereocenters. The lowest BCUT2D eigenvalue weighted by atomic mass is 10.2. The van der Waals surface area contributed by atoms with Crippen LogP contribution in [0.1, 0.15) is 11.1 Å². The number of halogens is 2. The van der Waals surface area contributed by atoms with Gasteiger partial charge in [-0.1, -0.05) is 31.9 Å². The second kappa shape index (κ2) is 10.2. The van der Waals surface area contributed by atoms with Gasteiger partial charge in [-0.3, -0.25) is 4.98 Å². The molecule has 0 aliphatic heterocycles. The first-order valence-corrected chi connectivity index (χ1v) is 11.9. The minimum absolute atomic E-state index is 0.110. The van der Waals surface area contributed by atoms with Crippen molar-refractivity contribution in [2.24, 2.45) is 0 Å². The van der Waals surface area contributed by atoms with Crippen LogP contribution >= 0.6 is 31.9 Å². The number of urea groups is 1. The fourth-order valence-corrected chi connectivity index (χ4v) is 4.96. The molecule has 0 spiro atoms. The Morgan fingerprint density at radius 1 is 0.867 bits per heavy atom. The number of hydrogen-bond acceptors (Lipinski definition) is 4. The van der Waals surface area contributed by atoms with E-state index in [1.807, 2.05) is 18.2 Å². The molecule has 3 aromatic rings. The number of nitrogens with zero attached hydrogens (tertiary/aromatic N) is 1. The van der Waals surface area contributed by atoms with Gasteiger partial charge < -0.3 is 10.6 Å². The first-order valence-electron chi connectivity index (χ1n) is 8.80. The summed E-state index contributed by atoms with van der Waals surface area (Å²) >= 11 is 6.76. The third-order valence-electron chi connectivity index (χ3n) is 4.01. The van der Waals surface area contributed by atoms with Gasteiger partial charge in [0.05, 0.1) is 4.90 Å². The van der Waals surface area contributed by atoms with Crippen LogP contribution in [0.25, 0.3) is 0 Å². The zero-order valence-corrected chi connectivity index (χ0v) is 19.6. The van der Waals surface area contributed by atoms with Crippen molar-refractivity contribution < 1.29 is 13.2 Å². The molecule has 0 bridgehead atoms. The second-order valence-corrected chi connectivity index (χ2v) is 9.89. The lowest BCUT2D eigenvalue weighted by Crippen LogP contribution is -2.28. The molecule has 0 fully saturated rings. The molecule has 30 heavy (non-hydrogen) atoms. The van der Waals surface area contributed by atoms with Crippen LogP contribution in [0.4, 0.5) is 10.5 Å². The van der Waals surface area contributed by atoms with Crippen molar-refractivity contribution in [2.45, 2.75) is 18.0 Å². The summed E-state index contributed by atoms with van der Waals surface area (Å²) in [6, 6.07) is 14.7. The van der Waals surface area contributed by atoms with E-state index in [-0.39, 0.29) is 17.5 Å². The minimum Gasteiger partial charge on any atom is -0.334 e. The summed E-state index contributed by atoms with van der Waals surface area (Å²) in [5.74, 6) is 0. The summed E-state index contributed by atoms with van der Waals surface area (Å²) in [6.07, 6.45) is 3.30. The molecule has 3 N–H and O–H groups in total. The Balaban J connectivity index is 1.56. The minimum atomic E-state index is -3.69. The molecule has 3 rings (SSSR count). The number of carbonyl (C=O) groups is 1. The number of carbonyl (C=O) groups excluding carboxylic acids is 1. The Morgan fingerprint density at radius 2 is 1.50 bits per heavy atom. The van der Waals surface area contributed by atoms with Gasteiger partial charge in [0.15, 0.2) is 0 Å². The summed E-state index contributed by atoms with van der Waals surface area (Å²) < 4.78 is 29.3. The molecule has 7 nitrogen and oxygen atoms in total. The van der Waals surface area contributed by atoms with Gasteiger partial charge in [0, 0.05) is 40.1 Å². The predicted octanol–water partition coefficient (Wildman–Crippen LogP) is 4.41. The zero-order chi connectivity index (χ0) is 21.6. The SMILES string of the molecule is O=C(NCc1ccncc1)Nc1ccc(S(=O)(=O)NCc2cc(Br)cc(Br)c2)cc1. The number of rotatable bonds is 7. The highest BCUT2D eigenvalue weighted by atomic mass is 79.9. The fourth-order valence-electron chi connectivity index (χ4n) is 2.55. The number of sulfonamides is 1.